The molecular formula is C12H17N9O4. The van der Waals surface area contributed by atoms with Gasteiger partial charge in [-0.3, -0.25) is 5.10 Å². The predicted molar refractivity (Wildman–Crippen MR) is 83.3 cm³/mol. The van der Waals surface area contributed by atoms with E-state index in [0.29, 0.717) is 22.2 Å². The van der Waals surface area contributed by atoms with Crippen LogP contribution in [-0.2, 0) is 11.8 Å². The van der Waals surface area contributed by atoms with E-state index in [2.05, 4.69) is 25.3 Å². The molecule has 4 heterocycles. The van der Waals surface area contributed by atoms with Gasteiger partial charge in [-0.25, -0.2) is 9.36 Å². The zero-order valence-electron chi connectivity index (χ0n) is 13.1. The molecule has 1 saturated heterocycles. The highest BCUT2D eigenvalue weighted by molar-refractivity contribution is 6.06. The highest BCUT2D eigenvalue weighted by Gasteiger charge is 2.44. The van der Waals surface area contributed by atoms with Crippen molar-refractivity contribution in [2.75, 3.05) is 12.3 Å². The largest absolute Gasteiger partial charge is 0.394 e. The van der Waals surface area contributed by atoms with Gasteiger partial charge in [0.25, 0.3) is 5.62 Å². The third-order valence-electron chi connectivity index (χ3n) is 4.28. The van der Waals surface area contributed by atoms with E-state index >= 15 is 0 Å². The SMILES string of the molecule is Cn1nc(N)c2[nH]n(C3O[C@H](CO)[C@@H](O)[C@H]3O)c3n/c(=N/N)nc1c23. The second-order valence-corrected chi connectivity index (χ2v) is 5.77. The number of anilines is 1. The number of aromatic amines is 1. The van der Waals surface area contributed by atoms with Gasteiger partial charge in [-0.05, 0) is 0 Å². The minimum absolute atomic E-state index is 0.00364. The Morgan fingerprint density at radius 3 is 2.64 bits per heavy atom. The van der Waals surface area contributed by atoms with Crippen LogP contribution in [0.15, 0.2) is 5.10 Å². The number of nitrogens with one attached hydrogen (secondary N) is 1. The molecule has 8 N–H and O–H groups in total. The molecule has 3 aromatic rings. The van der Waals surface area contributed by atoms with E-state index in [1.165, 1.54) is 9.36 Å². The van der Waals surface area contributed by atoms with Crippen LogP contribution in [0.2, 0.25) is 0 Å². The molecule has 4 rings (SSSR count). The van der Waals surface area contributed by atoms with Crippen LogP contribution in [0.1, 0.15) is 6.23 Å². The number of aromatic nitrogens is 6. The molecule has 0 bridgehead atoms. The van der Waals surface area contributed by atoms with Crippen LogP contribution in [0.3, 0.4) is 0 Å². The number of H-pyrrole nitrogens is 1. The van der Waals surface area contributed by atoms with Crippen LogP contribution in [0.5, 0.6) is 0 Å². The second-order valence-electron chi connectivity index (χ2n) is 5.77. The standard InChI is InChI=1S/C12H17N9O4/c1-20-9-4-5(8(13)19-20)18-21(10(4)16-12(15-9)17-14)11-7(24)6(23)3(2-22)25-11/h3,6-7,11,18,22-24H,2,14H2,1H3,(H2,13,19)/b17-12+/t3-,6-,7-,11?/m1/s1. The molecule has 3 aromatic heterocycles. The first-order valence-corrected chi connectivity index (χ1v) is 7.43. The predicted octanol–water partition coefficient (Wildman–Crippen LogP) is -3.39. The number of nitrogens with zero attached hydrogens (tertiary/aromatic N) is 6. The maximum atomic E-state index is 10.3. The molecular weight excluding hydrogens is 334 g/mol. The highest BCUT2D eigenvalue weighted by atomic mass is 16.6. The number of aliphatic hydroxyl groups excluding tert-OH is 3. The fraction of sp³-hybridized carbons (Fsp3) is 0.500. The smallest absolute Gasteiger partial charge is 0.270 e. The number of hydrogen-bond acceptors (Lipinski definition) is 10. The first kappa shape index (κ1) is 15.8. The summed E-state index contributed by atoms with van der Waals surface area (Å²) in [5.74, 6) is 5.49. The average molecular weight is 351 g/mol. The molecule has 0 aliphatic carbocycles. The van der Waals surface area contributed by atoms with E-state index in [0.717, 1.165) is 0 Å². The molecule has 1 aliphatic heterocycles. The second kappa shape index (κ2) is 5.38. The van der Waals surface area contributed by atoms with Crippen molar-refractivity contribution < 1.29 is 20.1 Å². The minimum atomic E-state index is -1.30. The molecule has 13 heteroatoms. The lowest BCUT2D eigenvalue weighted by atomic mass is 10.1. The Kier molecular flexibility index (Phi) is 3.40. The molecule has 0 amide bonds. The van der Waals surface area contributed by atoms with Gasteiger partial charge in [0.2, 0.25) is 0 Å². The van der Waals surface area contributed by atoms with Gasteiger partial charge in [-0.15, -0.1) is 5.10 Å². The summed E-state index contributed by atoms with van der Waals surface area (Å²) >= 11 is 0. The fourth-order valence-electron chi connectivity index (χ4n) is 3.07. The van der Waals surface area contributed by atoms with E-state index in [9.17, 15) is 15.3 Å². The Labute approximate surface area is 139 Å². The molecule has 1 unspecified atom stereocenters. The van der Waals surface area contributed by atoms with E-state index in [1.807, 2.05) is 0 Å². The van der Waals surface area contributed by atoms with Crippen molar-refractivity contribution in [2.45, 2.75) is 24.5 Å². The van der Waals surface area contributed by atoms with Crippen LogP contribution in [-0.4, -0.2) is 69.8 Å². The summed E-state index contributed by atoms with van der Waals surface area (Å²) in [7, 11) is 1.65. The third-order valence-corrected chi connectivity index (χ3v) is 4.28. The van der Waals surface area contributed by atoms with Crippen molar-refractivity contribution in [3.8, 4) is 0 Å². The first-order chi connectivity index (χ1) is 12.0. The number of nitrogen functional groups attached to an aromatic ring is 1. The number of rotatable bonds is 2. The maximum Gasteiger partial charge on any atom is 0.270 e. The summed E-state index contributed by atoms with van der Waals surface area (Å²) in [4.78, 5) is 8.44. The first-order valence-electron chi connectivity index (χ1n) is 7.43. The summed E-state index contributed by atoms with van der Waals surface area (Å²) in [6, 6.07) is 0. The summed E-state index contributed by atoms with van der Waals surface area (Å²) < 4.78 is 8.39. The van der Waals surface area contributed by atoms with Gasteiger partial charge in [-0.1, -0.05) is 0 Å². The Bertz CT molecular complexity index is 1020. The normalized spacial score (nSPS) is 27.8. The van der Waals surface area contributed by atoms with Gasteiger partial charge in [0.1, 0.15) is 23.8 Å². The quantitative estimate of drug-likeness (QED) is 0.201. The highest BCUT2D eigenvalue weighted by Crippen LogP contribution is 2.33. The van der Waals surface area contributed by atoms with Crippen molar-refractivity contribution in [2.24, 2.45) is 18.0 Å². The minimum Gasteiger partial charge on any atom is -0.394 e. The van der Waals surface area contributed by atoms with Crippen LogP contribution < -0.4 is 17.2 Å². The van der Waals surface area contributed by atoms with Crippen LogP contribution >= 0.6 is 0 Å². The zero-order valence-corrected chi connectivity index (χ0v) is 13.1. The topological polar surface area (TPSA) is 199 Å². The summed E-state index contributed by atoms with van der Waals surface area (Å²) in [5, 5.41) is 40.7. The van der Waals surface area contributed by atoms with Crippen molar-refractivity contribution >= 4 is 28.0 Å². The fourth-order valence-corrected chi connectivity index (χ4v) is 3.07. The van der Waals surface area contributed by atoms with E-state index in [1.54, 1.807) is 7.05 Å². The lowest BCUT2D eigenvalue weighted by Gasteiger charge is -2.16. The van der Waals surface area contributed by atoms with Crippen molar-refractivity contribution in [3.63, 3.8) is 0 Å². The van der Waals surface area contributed by atoms with E-state index in [4.69, 9.17) is 16.3 Å². The Hall–Kier alpha value is -2.74. The number of hydrogen-bond donors (Lipinski definition) is 6. The zero-order chi connectivity index (χ0) is 17.9. The molecule has 0 aromatic carbocycles. The van der Waals surface area contributed by atoms with Crippen LogP contribution in [0.4, 0.5) is 5.82 Å². The molecule has 0 saturated carbocycles. The van der Waals surface area contributed by atoms with Gasteiger partial charge in [-0.2, -0.15) is 15.1 Å². The summed E-state index contributed by atoms with van der Waals surface area (Å²) in [5.41, 5.74) is 7.12. The molecule has 0 spiro atoms. The van der Waals surface area contributed by atoms with Crippen molar-refractivity contribution in [1.29, 1.82) is 0 Å². The number of aliphatic hydroxyl groups is 3. The Morgan fingerprint density at radius 1 is 1.28 bits per heavy atom. The van der Waals surface area contributed by atoms with E-state index in [-0.39, 0.29) is 11.4 Å². The monoisotopic (exact) mass is 351 g/mol. The Morgan fingerprint density at radius 2 is 2.00 bits per heavy atom. The lowest BCUT2D eigenvalue weighted by Crippen LogP contribution is -2.33. The Balaban J connectivity index is 2.03. The molecule has 13 nitrogen and oxygen atoms in total. The van der Waals surface area contributed by atoms with Gasteiger partial charge < -0.3 is 31.6 Å². The third kappa shape index (κ3) is 2.10. The van der Waals surface area contributed by atoms with Crippen LogP contribution in [0, 0.1) is 0 Å². The molecule has 134 valence electrons. The number of ether oxygens (including phenoxy) is 1. The maximum absolute atomic E-state index is 10.3. The van der Waals surface area contributed by atoms with Gasteiger partial charge in [0.05, 0.1) is 12.0 Å². The molecule has 4 atom stereocenters. The lowest BCUT2D eigenvalue weighted by molar-refractivity contribution is -0.0564. The number of aryl methyl sites for hydroxylation is 1. The summed E-state index contributed by atoms with van der Waals surface area (Å²) in [6.07, 6.45) is -4.53. The van der Waals surface area contributed by atoms with Crippen molar-refractivity contribution in [3.05, 3.63) is 5.62 Å². The summed E-state index contributed by atoms with van der Waals surface area (Å²) in [6.45, 7) is -0.448. The van der Waals surface area contributed by atoms with Crippen LogP contribution in [0.25, 0.3) is 22.2 Å². The number of nitrogens with two attached hydrogens (primary N) is 2. The average Bonchev–Trinajstić information content (AvgIpc) is 3.12. The van der Waals surface area contributed by atoms with Crippen molar-refractivity contribution in [1.82, 2.24) is 29.5 Å². The van der Waals surface area contributed by atoms with E-state index < -0.39 is 31.1 Å². The van der Waals surface area contributed by atoms with Gasteiger partial charge in [0, 0.05) is 7.05 Å². The van der Waals surface area contributed by atoms with Gasteiger partial charge in [0.15, 0.2) is 23.3 Å². The molecule has 1 aliphatic rings. The molecule has 25 heavy (non-hydrogen) atoms. The molecule has 0 radical (unpaired) electrons. The van der Waals surface area contributed by atoms with Gasteiger partial charge >= 0.3 is 0 Å². The molecule has 1 fully saturated rings.